The normalized spacial score (nSPS) is 12.2. The second kappa shape index (κ2) is 12.4. The van der Waals surface area contributed by atoms with Gasteiger partial charge in [-0.2, -0.15) is 18.3 Å². The van der Waals surface area contributed by atoms with E-state index in [-0.39, 0.29) is 12.2 Å². The van der Waals surface area contributed by atoms with Crippen molar-refractivity contribution >= 4 is 27.3 Å². The molecule has 6 nitrogen and oxygen atoms in total. The number of nitrogens with zero attached hydrogens (tertiary/aromatic N) is 1. The third kappa shape index (κ3) is 7.01. The Labute approximate surface area is 229 Å². The topological polar surface area (TPSA) is 92.1 Å². The van der Waals surface area contributed by atoms with Crippen LogP contribution >= 0.6 is 11.3 Å². The molecule has 1 heterocycles. The summed E-state index contributed by atoms with van der Waals surface area (Å²) < 4.78 is 59.5. The number of halogens is 3. The van der Waals surface area contributed by atoms with Crippen LogP contribution < -0.4 is 21.1 Å². The van der Waals surface area contributed by atoms with Crippen molar-refractivity contribution in [3.8, 4) is 22.6 Å². The van der Waals surface area contributed by atoms with Crippen LogP contribution in [0.1, 0.15) is 28.0 Å². The first-order valence-electron chi connectivity index (χ1n) is 12.3. The zero-order valence-electron chi connectivity index (χ0n) is 21.7. The number of fused-ring (bicyclic) bond motifs is 1. The van der Waals surface area contributed by atoms with Crippen LogP contribution in [0.3, 0.4) is 0 Å². The molecular weight excluding hydrogens is 527 g/mol. The summed E-state index contributed by atoms with van der Waals surface area (Å²) in [5.74, 6) is 6.78. The molecule has 4 rings (SSSR count). The van der Waals surface area contributed by atoms with Crippen LogP contribution in [0.15, 0.2) is 65.8 Å². The highest BCUT2D eigenvalue weighted by Gasteiger charge is 2.37. The van der Waals surface area contributed by atoms with Gasteiger partial charge in [0.2, 0.25) is 0 Å². The number of nitrogens with two attached hydrogens (primary N) is 2. The van der Waals surface area contributed by atoms with Crippen LogP contribution in [-0.4, -0.2) is 26.2 Å². The maximum atomic E-state index is 14.1. The fourth-order valence-corrected chi connectivity index (χ4v) is 5.27. The van der Waals surface area contributed by atoms with Crippen LogP contribution in [-0.2, 0) is 23.9 Å². The van der Waals surface area contributed by atoms with E-state index in [1.807, 2.05) is 24.3 Å². The molecule has 0 radical (unpaired) electrons. The van der Waals surface area contributed by atoms with Gasteiger partial charge in [0.1, 0.15) is 35.4 Å². The Morgan fingerprint density at radius 3 is 2.31 bits per heavy atom. The SMILES string of the molecule is COCCOc1ccc(-c2c(C(F)(F)F)sc3ccc(COc4ccc(CC/C(N)=N/N)cc4)cc23)c(C)c1. The van der Waals surface area contributed by atoms with Gasteiger partial charge in [0.15, 0.2) is 0 Å². The van der Waals surface area contributed by atoms with E-state index in [1.54, 1.807) is 50.4 Å². The van der Waals surface area contributed by atoms with E-state index in [9.17, 15) is 13.2 Å². The summed E-state index contributed by atoms with van der Waals surface area (Å²) >= 11 is 0.750. The Bertz CT molecular complexity index is 1450. The summed E-state index contributed by atoms with van der Waals surface area (Å²) in [5.41, 5.74) is 8.85. The highest BCUT2D eigenvalue weighted by atomic mass is 32.1. The van der Waals surface area contributed by atoms with Gasteiger partial charge in [-0.25, -0.2) is 0 Å². The third-order valence-corrected chi connectivity index (χ3v) is 7.41. The van der Waals surface area contributed by atoms with E-state index in [1.165, 1.54) is 0 Å². The summed E-state index contributed by atoms with van der Waals surface area (Å²) in [4.78, 5) is -0.623. The predicted molar refractivity (Wildman–Crippen MR) is 149 cm³/mol. The van der Waals surface area contributed by atoms with E-state index >= 15 is 0 Å². The molecule has 0 fully saturated rings. The molecule has 0 aliphatic heterocycles. The number of hydrazone groups is 1. The maximum absolute atomic E-state index is 14.1. The molecule has 0 saturated carbocycles. The Morgan fingerprint density at radius 2 is 1.64 bits per heavy atom. The first-order chi connectivity index (χ1) is 18.7. The lowest BCUT2D eigenvalue weighted by Crippen LogP contribution is -2.14. The van der Waals surface area contributed by atoms with Gasteiger partial charge in [-0.1, -0.05) is 24.3 Å². The minimum Gasteiger partial charge on any atom is -0.491 e. The number of hydrogen-bond acceptors (Lipinski definition) is 6. The summed E-state index contributed by atoms with van der Waals surface area (Å²) in [5, 5.41) is 4.01. The Hall–Kier alpha value is -3.76. The third-order valence-electron chi connectivity index (χ3n) is 6.20. The van der Waals surface area contributed by atoms with Gasteiger partial charge >= 0.3 is 6.18 Å². The smallest absolute Gasteiger partial charge is 0.426 e. The first-order valence-corrected chi connectivity index (χ1v) is 13.1. The maximum Gasteiger partial charge on any atom is 0.426 e. The van der Waals surface area contributed by atoms with Gasteiger partial charge < -0.3 is 25.8 Å². The van der Waals surface area contributed by atoms with Crippen molar-refractivity contribution in [3.05, 3.63) is 82.2 Å². The summed E-state index contributed by atoms with van der Waals surface area (Å²) in [6, 6.07) is 18.0. The molecule has 39 heavy (non-hydrogen) atoms. The average molecular weight is 558 g/mol. The van der Waals surface area contributed by atoms with Crippen molar-refractivity contribution in [2.45, 2.75) is 32.5 Å². The Kier molecular flexibility index (Phi) is 8.98. The van der Waals surface area contributed by atoms with E-state index in [0.717, 1.165) is 22.5 Å². The van der Waals surface area contributed by atoms with Crippen molar-refractivity contribution in [3.63, 3.8) is 0 Å². The number of ether oxygens (including phenoxy) is 3. The predicted octanol–water partition coefficient (Wildman–Crippen LogP) is 6.66. The molecule has 4 N–H and O–H groups in total. The number of aryl methyl sites for hydroxylation is 2. The fourth-order valence-electron chi connectivity index (χ4n) is 4.21. The van der Waals surface area contributed by atoms with Crippen LogP contribution in [0, 0.1) is 6.92 Å². The van der Waals surface area contributed by atoms with Gasteiger partial charge in [0.25, 0.3) is 0 Å². The summed E-state index contributed by atoms with van der Waals surface area (Å²) in [7, 11) is 1.58. The standard InChI is InChI=1S/C29H30F3N3O3S/c1-18-15-22(37-14-13-36-2)9-10-23(18)27-24-16-20(5-11-25(24)39-28(27)29(30,31)32)17-38-21-7-3-19(4-8-21)6-12-26(33)35-34/h3-5,7-11,15-16H,6,12-14,17,34H2,1-2H3,(H2,33,35). The monoisotopic (exact) mass is 557 g/mol. The Balaban J connectivity index is 1.59. The van der Waals surface area contributed by atoms with Crippen LogP contribution in [0.2, 0.25) is 0 Å². The lowest BCUT2D eigenvalue weighted by Gasteiger charge is -2.13. The fraction of sp³-hybridized carbons (Fsp3) is 0.276. The second-order valence-corrected chi connectivity index (χ2v) is 10.1. The molecule has 0 saturated heterocycles. The second-order valence-electron chi connectivity index (χ2n) is 9.01. The average Bonchev–Trinajstić information content (AvgIpc) is 3.31. The molecule has 0 amide bonds. The number of rotatable bonds is 11. The van der Waals surface area contributed by atoms with Gasteiger partial charge in [0.05, 0.1) is 6.61 Å². The van der Waals surface area contributed by atoms with Crippen LogP contribution in [0.25, 0.3) is 21.2 Å². The highest BCUT2D eigenvalue weighted by Crippen LogP contribution is 2.48. The molecule has 10 heteroatoms. The minimum atomic E-state index is -4.49. The number of methoxy groups -OCH3 is 1. The molecular formula is C29H30F3N3O3S. The van der Waals surface area contributed by atoms with Crippen molar-refractivity contribution < 1.29 is 27.4 Å². The summed E-state index contributed by atoms with van der Waals surface area (Å²) in [6.45, 7) is 2.77. The molecule has 0 aliphatic rings. The van der Waals surface area contributed by atoms with Gasteiger partial charge in [-0.05, 0) is 72.0 Å². The molecule has 0 spiro atoms. The van der Waals surface area contributed by atoms with Gasteiger partial charge in [0, 0.05) is 29.2 Å². The van der Waals surface area contributed by atoms with Crippen molar-refractivity contribution in [1.82, 2.24) is 0 Å². The Morgan fingerprint density at radius 1 is 0.923 bits per heavy atom. The molecule has 0 bridgehead atoms. The molecule has 1 aromatic heterocycles. The largest absolute Gasteiger partial charge is 0.491 e. The molecule has 206 valence electrons. The molecule has 4 aromatic rings. The lowest BCUT2D eigenvalue weighted by molar-refractivity contribution is -0.133. The van der Waals surface area contributed by atoms with Crippen molar-refractivity contribution in [2.24, 2.45) is 16.7 Å². The van der Waals surface area contributed by atoms with E-state index in [0.29, 0.717) is 64.6 Å². The van der Waals surface area contributed by atoms with E-state index in [4.69, 9.17) is 25.8 Å². The highest BCUT2D eigenvalue weighted by molar-refractivity contribution is 7.19. The first kappa shape index (κ1) is 28.3. The van der Waals surface area contributed by atoms with E-state index < -0.39 is 11.1 Å². The zero-order valence-corrected chi connectivity index (χ0v) is 22.5. The van der Waals surface area contributed by atoms with E-state index in [2.05, 4.69) is 5.10 Å². The number of amidine groups is 1. The quantitative estimate of drug-likeness (QED) is 0.0707. The van der Waals surface area contributed by atoms with Crippen LogP contribution in [0.4, 0.5) is 13.2 Å². The minimum absolute atomic E-state index is 0.176. The molecule has 0 unspecified atom stereocenters. The van der Waals surface area contributed by atoms with Crippen LogP contribution in [0.5, 0.6) is 11.5 Å². The van der Waals surface area contributed by atoms with Crippen molar-refractivity contribution in [1.29, 1.82) is 0 Å². The number of benzene rings is 3. The number of hydrogen-bond donors (Lipinski definition) is 2. The number of thiophene rings is 1. The van der Waals surface area contributed by atoms with Gasteiger partial charge in [-0.3, -0.25) is 0 Å². The zero-order chi connectivity index (χ0) is 28.0. The van der Waals surface area contributed by atoms with Crippen molar-refractivity contribution in [2.75, 3.05) is 20.3 Å². The molecule has 0 atom stereocenters. The van der Waals surface area contributed by atoms with Gasteiger partial charge in [-0.15, -0.1) is 11.3 Å². The number of alkyl halides is 3. The lowest BCUT2D eigenvalue weighted by atomic mass is 9.96. The molecule has 0 aliphatic carbocycles. The summed E-state index contributed by atoms with van der Waals surface area (Å²) in [6.07, 6.45) is -3.23. The molecule has 3 aromatic carbocycles.